The number of hydrogen-bond donors (Lipinski definition) is 0. The topological polar surface area (TPSA) is 35.5 Å². The van der Waals surface area contributed by atoms with Gasteiger partial charge >= 0.3 is 5.97 Å². The first-order valence-corrected chi connectivity index (χ1v) is 17.3. The van der Waals surface area contributed by atoms with E-state index in [2.05, 4.69) is 101 Å². The molecule has 0 amide bonds. The molecule has 2 aromatic rings. The Kier molecular flexibility index (Phi) is 15.4. The monoisotopic (exact) mass is 550 g/mol. The second kappa shape index (κ2) is 18.2. The van der Waals surface area contributed by atoms with Gasteiger partial charge in [0.05, 0.1) is 7.11 Å². The summed E-state index contributed by atoms with van der Waals surface area (Å²) in [4.78, 5) is 11.2. The Bertz CT molecular complexity index is 894. The van der Waals surface area contributed by atoms with Crippen LogP contribution in [0, 0.1) is 0 Å². The molecular formula is C35H54O3Si. The molecule has 0 N–H and O–H groups in total. The first-order valence-electron chi connectivity index (χ1n) is 15.4. The third kappa shape index (κ3) is 11.1. The second-order valence-corrected chi connectivity index (χ2v) is 16.1. The van der Waals surface area contributed by atoms with E-state index in [1.807, 2.05) is 0 Å². The second-order valence-electron chi connectivity index (χ2n) is 11.8. The van der Waals surface area contributed by atoms with E-state index in [1.165, 1.54) is 62.4 Å². The van der Waals surface area contributed by atoms with Crippen LogP contribution in [-0.4, -0.2) is 27.5 Å². The van der Waals surface area contributed by atoms with Gasteiger partial charge in [0.2, 0.25) is 0 Å². The van der Waals surface area contributed by atoms with E-state index in [9.17, 15) is 4.79 Å². The van der Waals surface area contributed by atoms with Crippen molar-refractivity contribution < 1.29 is 14.0 Å². The first-order chi connectivity index (χ1) is 18.8. The fourth-order valence-electron chi connectivity index (χ4n) is 5.49. The predicted molar refractivity (Wildman–Crippen MR) is 169 cm³/mol. The summed E-state index contributed by atoms with van der Waals surface area (Å²) in [6, 6.07) is 22.1. The highest BCUT2D eigenvalue weighted by molar-refractivity contribution is 6.99. The summed E-state index contributed by atoms with van der Waals surface area (Å²) in [7, 11) is -1.09. The standard InChI is InChI=1S/C35H54O3Si/c1-6-7-8-17-24-31(25-18-13-11-9-10-12-14-23-30-34(36)37-5)38-39(35(2,3)4,32-26-19-15-20-27-32)33-28-21-16-22-29-33/h13,15-16,18-22,26-29,31H,6-12,14,17,23-25,30H2,1-5H3/b18-13+. The zero-order valence-corrected chi connectivity index (χ0v) is 26.4. The Morgan fingerprint density at radius 2 is 1.36 bits per heavy atom. The number of rotatable bonds is 19. The predicted octanol–water partition coefficient (Wildman–Crippen LogP) is 8.75. The van der Waals surface area contributed by atoms with Crippen LogP contribution < -0.4 is 10.4 Å². The van der Waals surface area contributed by atoms with Crippen LogP contribution >= 0.6 is 0 Å². The van der Waals surface area contributed by atoms with Crippen molar-refractivity contribution >= 4 is 24.7 Å². The minimum absolute atomic E-state index is 0.00500. The molecule has 1 unspecified atom stereocenters. The zero-order valence-electron chi connectivity index (χ0n) is 25.4. The quantitative estimate of drug-likeness (QED) is 0.0759. The number of hydrogen-bond acceptors (Lipinski definition) is 3. The van der Waals surface area contributed by atoms with Crippen molar-refractivity contribution in [1.29, 1.82) is 0 Å². The van der Waals surface area contributed by atoms with Crippen LogP contribution in [0.15, 0.2) is 72.8 Å². The minimum atomic E-state index is -2.55. The highest BCUT2D eigenvalue weighted by Crippen LogP contribution is 2.38. The lowest BCUT2D eigenvalue weighted by Gasteiger charge is -2.45. The lowest BCUT2D eigenvalue weighted by atomic mass is 10.1. The van der Waals surface area contributed by atoms with Gasteiger partial charge in [-0.2, -0.15) is 0 Å². The van der Waals surface area contributed by atoms with Crippen molar-refractivity contribution in [3.8, 4) is 0 Å². The molecule has 39 heavy (non-hydrogen) atoms. The summed E-state index contributed by atoms with van der Waals surface area (Å²) >= 11 is 0. The fraction of sp³-hybridized carbons (Fsp3) is 0.571. The van der Waals surface area contributed by atoms with Crippen LogP contribution in [0.4, 0.5) is 0 Å². The highest BCUT2D eigenvalue weighted by Gasteiger charge is 2.51. The van der Waals surface area contributed by atoms with Crippen molar-refractivity contribution in [3.63, 3.8) is 0 Å². The molecule has 0 aliphatic rings. The molecule has 2 aromatic carbocycles. The Morgan fingerprint density at radius 3 is 1.92 bits per heavy atom. The van der Waals surface area contributed by atoms with Crippen LogP contribution in [0.3, 0.4) is 0 Å². The van der Waals surface area contributed by atoms with Crippen LogP contribution in [0.5, 0.6) is 0 Å². The molecular weight excluding hydrogens is 496 g/mol. The number of carbonyl (C=O) groups excluding carboxylic acids is 1. The van der Waals surface area contributed by atoms with Crippen molar-refractivity contribution in [3.05, 3.63) is 72.8 Å². The lowest BCUT2D eigenvalue weighted by molar-refractivity contribution is -0.140. The van der Waals surface area contributed by atoms with Crippen LogP contribution in [0.1, 0.15) is 111 Å². The molecule has 0 aromatic heterocycles. The van der Waals surface area contributed by atoms with Crippen LogP contribution in [-0.2, 0) is 14.0 Å². The molecule has 4 heteroatoms. The number of allylic oxidation sites excluding steroid dienone is 1. The molecule has 0 radical (unpaired) electrons. The fourth-order valence-corrected chi connectivity index (χ4v) is 10.2. The maximum Gasteiger partial charge on any atom is 0.305 e. The molecule has 216 valence electrons. The number of benzene rings is 2. The Balaban J connectivity index is 2.11. The summed E-state index contributed by atoms with van der Waals surface area (Å²) in [5, 5.41) is 2.71. The van der Waals surface area contributed by atoms with Crippen molar-refractivity contribution in [2.75, 3.05) is 7.11 Å². The number of unbranched alkanes of at least 4 members (excludes halogenated alkanes) is 8. The van der Waals surface area contributed by atoms with Crippen LogP contribution in [0.25, 0.3) is 0 Å². The van der Waals surface area contributed by atoms with Gasteiger partial charge in [-0.1, -0.05) is 145 Å². The number of esters is 1. The molecule has 0 aliphatic carbocycles. The average Bonchev–Trinajstić information content (AvgIpc) is 2.94. The molecule has 0 spiro atoms. The molecule has 0 heterocycles. The maximum absolute atomic E-state index is 11.2. The molecule has 0 aliphatic heterocycles. The van der Waals surface area contributed by atoms with E-state index in [4.69, 9.17) is 9.16 Å². The Hall–Kier alpha value is -2.17. The lowest BCUT2D eigenvalue weighted by Crippen LogP contribution is -2.67. The van der Waals surface area contributed by atoms with Gasteiger partial charge in [0.15, 0.2) is 0 Å². The van der Waals surface area contributed by atoms with Gasteiger partial charge in [-0.15, -0.1) is 0 Å². The molecule has 0 fully saturated rings. The largest absolute Gasteiger partial charge is 0.469 e. The molecule has 0 saturated carbocycles. The molecule has 2 rings (SSSR count). The third-order valence-electron chi connectivity index (χ3n) is 7.68. The van der Waals surface area contributed by atoms with Gasteiger partial charge in [0, 0.05) is 12.5 Å². The van der Waals surface area contributed by atoms with Crippen molar-refractivity contribution in [2.24, 2.45) is 0 Å². The van der Waals surface area contributed by atoms with E-state index < -0.39 is 8.32 Å². The van der Waals surface area contributed by atoms with Crippen molar-refractivity contribution in [2.45, 2.75) is 122 Å². The SMILES string of the molecule is CCCCCCC(C/C=C/CCCCCCCC(=O)OC)O[Si](c1ccccc1)(c1ccccc1)C(C)(C)C. The van der Waals surface area contributed by atoms with Crippen LogP contribution in [0.2, 0.25) is 5.04 Å². The zero-order chi connectivity index (χ0) is 28.4. The number of carbonyl (C=O) groups is 1. The summed E-state index contributed by atoms with van der Waals surface area (Å²) in [6.45, 7) is 9.38. The van der Waals surface area contributed by atoms with Gasteiger partial charge < -0.3 is 9.16 Å². The molecule has 0 bridgehead atoms. The van der Waals surface area contributed by atoms with Gasteiger partial charge in [-0.25, -0.2) is 0 Å². The van der Waals surface area contributed by atoms with E-state index in [-0.39, 0.29) is 17.1 Å². The first kappa shape index (κ1) is 33.0. The van der Waals surface area contributed by atoms with E-state index in [0.29, 0.717) is 6.42 Å². The smallest absolute Gasteiger partial charge is 0.305 e. The van der Waals surface area contributed by atoms with E-state index in [0.717, 1.165) is 32.1 Å². The summed E-state index contributed by atoms with van der Waals surface area (Å²) < 4.78 is 12.2. The number of methoxy groups -OCH3 is 1. The summed E-state index contributed by atoms with van der Waals surface area (Å²) in [6.07, 6.45) is 19.3. The van der Waals surface area contributed by atoms with Gasteiger partial charge in [-0.3, -0.25) is 4.79 Å². The highest BCUT2D eigenvalue weighted by atomic mass is 28.4. The Labute approximate surface area is 240 Å². The minimum Gasteiger partial charge on any atom is -0.469 e. The number of ether oxygens (including phenoxy) is 1. The molecule has 0 saturated heterocycles. The Morgan fingerprint density at radius 1 is 0.795 bits per heavy atom. The summed E-state index contributed by atoms with van der Waals surface area (Å²) in [5.41, 5.74) is 0. The van der Waals surface area contributed by atoms with Gasteiger partial charge in [0.1, 0.15) is 0 Å². The summed E-state index contributed by atoms with van der Waals surface area (Å²) in [5.74, 6) is -0.0949. The maximum atomic E-state index is 11.2. The van der Waals surface area contributed by atoms with Crippen molar-refractivity contribution in [1.82, 2.24) is 0 Å². The van der Waals surface area contributed by atoms with Gasteiger partial charge in [0.25, 0.3) is 8.32 Å². The van der Waals surface area contributed by atoms with Gasteiger partial charge in [-0.05, 0) is 47.5 Å². The third-order valence-corrected chi connectivity index (χ3v) is 12.8. The normalized spacial score (nSPS) is 13.1. The van der Waals surface area contributed by atoms with E-state index in [1.54, 1.807) is 0 Å². The molecule has 3 nitrogen and oxygen atoms in total. The molecule has 1 atom stereocenters. The van der Waals surface area contributed by atoms with E-state index >= 15 is 0 Å². The average molecular weight is 551 g/mol.